The Balaban J connectivity index is 2.38. The fraction of sp³-hybridized carbons (Fsp3) is 0.385. The summed E-state index contributed by atoms with van der Waals surface area (Å²) in [5, 5.41) is 9.24. The molecule has 0 aliphatic carbocycles. The average molecular weight is 280 g/mol. The number of aliphatic hydroxyl groups is 1. The summed E-state index contributed by atoms with van der Waals surface area (Å²) in [6.07, 6.45) is 1.33. The molecule has 1 heterocycles. The summed E-state index contributed by atoms with van der Waals surface area (Å²) in [7, 11) is 1.58. The highest BCUT2D eigenvalue weighted by Gasteiger charge is 2.10. The van der Waals surface area contributed by atoms with Crippen molar-refractivity contribution in [2.24, 2.45) is 0 Å². The van der Waals surface area contributed by atoms with Crippen LogP contribution in [0, 0.1) is 0 Å². The lowest BCUT2D eigenvalue weighted by Gasteiger charge is -2.12. The van der Waals surface area contributed by atoms with Crippen LogP contribution in [0.2, 0.25) is 0 Å². The van der Waals surface area contributed by atoms with Gasteiger partial charge in [-0.3, -0.25) is 4.79 Å². The minimum atomic E-state index is -0.257. The molecule has 0 fully saturated rings. The third-order valence-electron chi connectivity index (χ3n) is 2.60. The third-order valence-corrected chi connectivity index (χ3v) is 2.60. The molecular weight excluding hydrogens is 264 g/mol. The van der Waals surface area contributed by atoms with Gasteiger partial charge in [0.05, 0.1) is 30.4 Å². The van der Waals surface area contributed by atoms with Gasteiger partial charge in [0.2, 0.25) is 0 Å². The van der Waals surface area contributed by atoms with E-state index in [0.29, 0.717) is 35.6 Å². The molecule has 0 spiro atoms. The van der Waals surface area contributed by atoms with Gasteiger partial charge in [0, 0.05) is 13.2 Å². The molecule has 108 valence electrons. The van der Waals surface area contributed by atoms with Crippen molar-refractivity contribution in [2.75, 3.05) is 33.5 Å². The zero-order chi connectivity index (χ0) is 14.4. The van der Waals surface area contributed by atoms with Gasteiger partial charge in [0.1, 0.15) is 13.2 Å². The Kier molecular flexibility index (Phi) is 4.91. The predicted octanol–water partition coefficient (Wildman–Crippen LogP) is 0.319. The van der Waals surface area contributed by atoms with E-state index in [9.17, 15) is 4.79 Å². The first kappa shape index (κ1) is 14.3. The molecule has 20 heavy (non-hydrogen) atoms. The maximum Gasteiger partial charge on any atom is 0.258 e. The van der Waals surface area contributed by atoms with E-state index < -0.39 is 0 Å². The van der Waals surface area contributed by atoms with Gasteiger partial charge in [-0.1, -0.05) is 0 Å². The number of nitrogens with zero attached hydrogens (tertiary/aromatic N) is 1. The molecule has 0 saturated carbocycles. The van der Waals surface area contributed by atoms with Crippen molar-refractivity contribution in [1.29, 1.82) is 0 Å². The van der Waals surface area contributed by atoms with E-state index in [4.69, 9.17) is 19.3 Å². The molecule has 2 rings (SSSR count). The maximum absolute atomic E-state index is 11.7. The van der Waals surface area contributed by atoms with Gasteiger partial charge in [-0.25, -0.2) is 4.98 Å². The first-order valence-electron chi connectivity index (χ1n) is 6.13. The lowest BCUT2D eigenvalue weighted by atomic mass is 10.2. The van der Waals surface area contributed by atoms with Gasteiger partial charge in [-0.2, -0.15) is 0 Å². The highest BCUT2D eigenvalue weighted by molar-refractivity contribution is 5.81. The number of methoxy groups -OCH3 is 1. The summed E-state index contributed by atoms with van der Waals surface area (Å²) in [4.78, 5) is 18.3. The summed E-state index contributed by atoms with van der Waals surface area (Å²) in [5.74, 6) is 0.849. The van der Waals surface area contributed by atoms with Crippen molar-refractivity contribution >= 4 is 10.9 Å². The molecule has 2 N–H and O–H groups in total. The monoisotopic (exact) mass is 280 g/mol. The van der Waals surface area contributed by atoms with Crippen LogP contribution in [0.15, 0.2) is 23.3 Å². The molecule has 0 radical (unpaired) electrons. The normalized spacial score (nSPS) is 10.7. The number of fused-ring (bicyclic) bond motifs is 1. The molecule has 7 nitrogen and oxygen atoms in total. The van der Waals surface area contributed by atoms with Gasteiger partial charge < -0.3 is 24.3 Å². The molecule has 0 atom stereocenters. The van der Waals surface area contributed by atoms with E-state index in [1.807, 2.05) is 0 Å². The maximum atomic E-state index is 11.7. The van der Waals surface area contributed by atoms with Crippen LogP contribution in [0.5, 0.6) is 11.5 Å². The molecule has 0 unspecified atom stereocenters. The number of nitrogens with one attached hydrogen (secondary N) is 1. The molecule has 0 saturated heterocycles. The summed E-state index contributed by atoms with van der Waals surface area (Å²) < 4.78 is 15.8. The molecule has 0 aliphatic heterocycles. The Labute approximate surface area is 115 Å². The van der Waals surface area contributed by atoms with E-state index in [2.05, 4.69) is 9.97 Å². The number of aromatic nitrogens is 2. The van der Waals surface area contributed by atoms with E-state index in [-0.39, 0.29) is 18.8 Å². The van der Waals surface area contributed by atoms with Crippen molar-refractivity contribution < 1.29 is 19.3 Å². The van der Waals surface area contributed by atoms with Gasteiger partial charge >= 0.3 is 0 Å². The van der Waals surface area contributed by atoms with Crippen LogP contribution >= 0.6 is 0 Å². The first-order valence-corrected chi connectivity index (χ1v) is 6.13. The number of H-pyrrole nitrogens is 1. The Bertz CT molecular complexity index is 626. The topological polar surface area (TPSA) is 93.7 Å². The average Bonchev–Trinajstić information content (AvgIpc) is 2.46. The third kappa shape index (κ3) is 3.25. The lowest BCUT2D eigenvalue weighted by molar-refractivity contribution is 0.141. The van der Waals surface area contributed by atoms with Crippen molar-refractivity contribution in [3.8, 4) is 11.5 Å². The zero-order valence-electron chi connectivity index (χ0n) is 11.1. The van der Waals surface area contributed by atoms with Crippen molar-refractivity contribution in [1.82, 2.24) is 9.97 Å². The standard InChI is InChI=1S/C13H16N2O5/c1-18-4-5-20-12-7-10-9(13(17)15-8-14-10)6-11(12)19-3-2-16/h6-8,16H,2-5H2,1H3,(H,14,15,17). The fourth-order valence-electron chi connectivity index (χ4n) is 1.69. The second kappa shape index (κ2) is 6.88. The summed E-state index contributed by atoms with van der Waals surface area (Å²) in [6.45, 7) is 0.768. The Hall–Kier alpha value is -2.12. The molecule has 1 aromatic carbocycles. The second-order valence-corrected chi connectivity index (χ2v) is 3.96. The summed E-state index contributed by atoms with van der Waals surface area (Å²) >= 11 is 0. The smallest absolute Gasteiger partial charge is 0.258 e. The van der Waals surface area contributed by atoms with Crippen molar-refractivity contribution in [3.63, 3.8) is 0 Å². The van der Waals surface area contributed by atoms with Crippen LogP contribution in [-0.2, 0) is 4.74 Å². The number of ether oxygens (including phenoxy) is 3. The van der Waals surface area contributed by atoms with Crippen LogP contribution in [0.1, 0.15) is 0 Å². The zero-order valence-corrected chi connectivity index (χ0v) is 11.1. The number of aromatic amines is 1. The number of hydrogen-bond donors (Lipinski definition) is 2. The van der Waals surface area contributed by atoms with Crippen LogP contribution < -0.4 is 15.0 Å². The fourth-order valence-corrected chi connectivity index (χ4v) is 1.69. The number of hydrogen-bond acceptors (Lipinski definition) is 6. The van der Waals surface area contributed by atoms with E-state index in [1.165, 1.54) is 6.33 Å². The molecule has 0 amide bonds. The molecule has 2 aromatic rings. The first-order chi connectivity index (χ1) is 9.76. The summed E-state index contributed by atoms with van der Waals surface area (Å²) in [5.41, 5.74) is 0.254. The van der Waals surface area contributed by atoms with Crippen molar-refractivity contribution in [3.05, 3.63) is 28.8 Å². The van der Waals surface area contributed by atoms with Crippen LogP contribution in [0.25, 0.3) is 10.9 Å². The van der Waals surface area contributed by atoms with Crippen LogP contribution in [-0.4, -0.2) is 48.6 Å². The van der Waals surface area contributed by atoms with Crippen LogP contribution in [0.3, 0.4) is 0 Å². The molecule has 7 heteroatoms. The quantitative estimate of drug-likeness (QED) is 0.709. The lowest BCUT2D eigenvalue weighted by Crippen LogP contribution is -2.10. The van der Waals surface area contributed by atoms with Gasteiger partial charge in [0.15, 0.2) is 11.5 Å². The SMILES string of the molecule is COCCOc1cc2nc[nH]c(=O)c2cc1OCCO. The minimum Gasteiger partial charge on any atom is -0.487 e. The number of rotatable bonds is 7. The van der Waals surface area contributed by atoms with Gasteiger partial charge in [-0.15, -0.1) is 0 Å². The molecule has 0 bridgehead atoms. The Morgan fingerprint density at radius 1 is 1.20 bits per heavy atom. The highest BCUT2D eigenvalue weighted by Crippen LogP contribution is 2.30. The molecular formula is C13H16N2O5. The van der Waals surface area contributed by atoms with Gasteiger partial charge in [-0.05, 0) is 6.07 Å². The van der Waals surface area contributed by atoms with E-state index >= 15 is 0 Å². The number of aliphatic hydroxyl groups excluding tert-OH is 1. The molecule has 0 aliphatic rings. The van der Waals surface area contributed by atoms with E-state index in [0.717, 1.165) is 0 Å². The van der Waals surface area contributed by atoms with Crippen molar-refractivity contribution in [2.45, 2.75) is 0 Å². The largest absolute Gasteiger partial charge is 0.487 e. The molecule has 1 aromatic heterocycles. The minimum absolute atomic E-state index is 0.115. The van der Waals surface area contributed by atoms with Gasteiger partial charge in [0.25, 0.3) is 5.56 Å². The van der Waals surface area contributed by atoms with Crippen LogP contribution in [0.4, 0.5) is 0 Å². The number of benzene rings is 1. The van der Waals surface area contributed by atoms with E-state index in [1.54, 1.807) is 19.2 Å². The highest BCUT2D eigenvalue weighted by atomic mass is 16.5. The second-order valence-electron chi connectivity index (χ2n) is 3.96. The summed E-state index contributed by atoms with van der Waals surface area (Å²) in [6, 6.07) is 3.19. The Morgan fingerprint density at radius 3 is 2.70 bits per heavy atom. The predicted molar refractivity (Wildman–Crippen MR) is 72.3 cm³/mol. The Morgan fingerprint density at radius 2 is 1.95 bits per heavy atom.